The van der Waals surface area contributed by atoms with E-state index in [-0.39, 0.29) is 18.4 Å². The maximum absolute atomic E-state index is 12.6. The van der Waals surface area contributed by atoms with E-state index in [1.807, 2.05) is 62.4 Å². The fraction of sp³-hybridized carbons (Fsp3) is 0.333. The first-order chi connectivity index (χ1) is 12.5. The van der Waals surface area contributed by atoms with Crippen LogP contribution >= 0.6 is 0 Å². The molecule has 0 aliphatic carbocycles. The van der Waals surface area contributed by atoms with Gasteiger partial charge in [0, 0.05) is 31.7 Å². The summed E-state index contributed by atoms with van der Waals surface area (Å²) in [6.45, 7) is 6.16. The highest BCUT2D eigenvalue weighted by Gasteiger charge is 2.25. The smallest absolute Gasteiger partial charge is 0.260 e. The highest BCUT2D eigenvalue weighted by atomic mass is 16.5. The maximum atomic E-state index is 12.6. The zero-order chi connectivity index (χ0) is 18.5. The summed E-state index contributed by atoms with van der Waals surface area (Å²) in [7, 11) is 0. The highest BCUT2D eigenvalue weighted by Crippen LogP contribution is 2.13. The summed E-state index contributed by atoms with van der Waals surface area (Å²) in [5.74, 6) is 0.669. The summed E-state index contributed by atoms with van der Waals surface area (Å²) < 4.78 is 5.56. The molecule has 1 aliphatic rings. The lowest BCUT2D eigenvalue weighted by molar-refractivity contribution is -0.134. The molecule has 5 nitrogen and oxygen atoms in total. The quantitative estimate of drug-likeness (QED) is 0.850. The molecule has 26 heavy (non-hydrogen) atoms. The number of carbonyl (C=O) groups is 2. The molecule has 0 bridgehead atoms. The predicted molar refractivity (Wildman–Crippen MR) is 100 cm³/mol. The van der Waals surface area contributed by atoms with Gasteiger partial charge in [-0.15, -0.1) is 0 Å². The molecule has 1 heterocycles. The van der Waals surface area contributed by atoms with Gasteiger partial charge in [0.15, 0.2) is 6.61 Å². The molecule has 0 radical (unpaired) electrons. The van der Waals surface area contributed by atoms with Gasteiger partial charge in [-0.2, -0.15) is 0 Å². The Morgan fingerprint density at radius 3 is 2.19 bits per heavy atom. The third-order valence-electron chi connectivity index (χ3n) is 4.57. The van der Waals surface area contributed by atoms with E-state index in [0.717, 1.165) is 11.1 Å². The van der Waals surface area contributed by atoms with Gasteiger partial charge in [0.25, 0.3) is 11.8 Å². The molecular formula is C21H24N2O3. The molecule has 0 atom stereocenters. The molecule has 2 aromatic carbocycles. The molecule has 1 saturated heterocycles. The number of amides is 2. The Morgan fingerprint density at radius 1 is 0.885 bits per heavy atom. The molecule has 5 heteroatoms. The second-order valence-corrected chi connectivity index (χ2v) is 6.64. The van der Waals surface area contributed by atoms with Crippen LogP contribution in [0.3, 0.4) is 0 Å². The van der Waals surface area contributed by atoms with Crippen LogP contribution in [0.25, 0.3) is 0 Å². The molecule has 0 saturated carbocycles. The Balaban J connectivity index is 1.49. The first kappa shape index (κ1) is 18.0. The molecule has 1 fully saturated rings. The third kappa shape index (κ3) is 4.42. The first-order valence-corrected chi connectivity index (χ1v) is 8.86. The van der Waals surface area contributed by atoms with E-state index >= 15 is 0 Å². The summed E-state index contributed by atoms with van der Waals surface area (Å²) in [5, 5.41) is 0. The summed E-state index contributed by atoms with van der Waals surface area (Å²) in [5.41, 5.74) is 2.92. The number of nitrogens with zero attached hydrogens (tertiary/aromatic N) is 2. The van der Waals surface area contributed by atoms with Crippen molar-refractivity contribution >= 4 is 11.8 Å². The zero-order valence-corrected chi connectivity index (χ0v) is 15.3. The van der Waals surface area contributed by atoms with Crippen molar-refractivity contribution in [1.29, 1.82) is 0 Å². The van der Waals surface area contributed by atoms with Gasteiger partial charge in [0.1, 0.15) is 5.75 Å². The van der Waals surface area contributed by atoms with E-state index in [1.54, 1.807) is 9.80 Å². The number of rotatable bonds is 4. The number of benzene rings is 2. The molecule has 3 rings (SSSR count). The third-order valence-corrected chi connectivity index (χ3v) is 4.57. The van der Waals surface area contributed by atoms with Gasteiger partial charge in [0.05, 0.1) is 0 Å². The molecule has 136 valence electrons. The van der Waals surface area contributed by atoms with Crippen molar-refractivity contribution in [1.82, 2.24) is 9.80 Å². The average molecular weight is 352 g/mol. The number of piperazine rings is 1. The number of hydrogen-bond acceptors (Lipinski definition) is 3. The van der Waals surface area contributed by atoms with Crippen molar-refractivity contribution in [2.75, 3.05) is 32.8 Å². The predicted octanol–water partition coefficient (Wildman–Crippen LogP) is 2.67. The van der Waals surface area contributed by atoms with Crippen molar-refractivity contribution in [3.8, 4) is 5.75 Å². The Hall–Kier alpha value is -2.82. The fourth-order valence-corrected chi connectivity index (χ4v) is 2.99. The lowest BCUT2D eigenvalue weighted by atomic mass is 10.1. The molecular weight excluding hydrogens is 328 g/mol. The SMILES string of the molecule is Cc1ccc(OCC(=O)N2CCN(C(=O)c3cccc(C)c3)CC2)cc1. The molecule has 0 aromatic heterocycles. The Bertz CT molecular complexity index is 778. The van der Waals surface area contributed by atoms with Crippen molar-refractivity contribution in [2.45, 2.75) is 13.8 Å². The molecule has 2 aromatic rings. The van der Waals surface area contributed by atoms with Crippen LogP contribution < -0.4 is 4.74 Å². The summed E-state index contributed by atoms with van der Waals surface area (Å²) in [4.78, 5) is 28.5. The van der Waals surface area contributed by atoms with Gasteiger partial charge in [-0.25, -0.2) is 0 Å². The van der Waals surface area contributed by atoms with Gasteiger partial charge in [-0.1, -0.05) is 35.4 Å². The van der Waals surface area contributed by atoms with E-state index in [4.69, 9.17) is 4.74 Å². The van der Waals surface area contributed by atoms with Gasteiger partial charge >= 0.3 is 0 Å². The van der Waals surface area contributed by atoms with Crippen LogP contribution in [-0.2, 0) is 4.79 Å². The minimum Gasteiger partial charge on any atom is -0.484 e. The first-order valence-electron chi connectivity index (χ1n) is 8.86. The molecule has 2 amide bonds. The number of carbonyl (C=O) groups excluding carboxylic acids is 2. The lowest BCUT2D eigenvalue weighted by Gasteiger charge is -2.34. The average Bonchev–Trinajstić information content (AvgIpc) is 2.67. The normalized spacial score (nSPS) is 14.2. The molecule has 0 spiro atoms. The molecule has 0 N–H and O–H groups in total. The van der Waals surface area contributed by atoms with Gasteiger partial charge in [-0.3, -0.25) is 9.59 Å². The molecule has 0 unspecified atom stereocenters. The number of ether oxygens (including phenoxy) is 1. The van der Waals surface area contributed by atoms with Gasteiger partial charge in [0.2, 0.25) is 0 Å². The van der Waals surface area contributed by atoms with Crippen LogP contribution in [0.4, 0.5) is 0 Å². The Morgan fingerprint density at radius 2 is 1.54 bits per heavy atom. The molecule has 1 aliphatic heterocycles. The van der Waals surface area contributed by atoms with Crippen LogP contribution in [0.15, 0.2) is 48.5 Å². The minimum absolute atomic E-state index is 0.0227. The maximum Gasteiger partial charge on any atom is 0.260 e. The monoisotopic (exact) mass is 352 g/mol. The van der Waals surface area contributed by atoms with E-state index in [0.29, 0.717) is 37.5 Å². The van der Waals surface area contributed by atoms with Crippen molar-refractivity contribution in [3.63, 3.8) is 0 Å². The number of hydrogen-bond donors (Lipinski definition) is 0. The van der Waals surface area contributed by atoms with Crippen LogP contribution in [0.1, 0.15) is 21.5 Å². The van der Waals surface area contributed by atoms with Crippen molar-refractivity contribution in [3.05, 3.63) is 65.2 Å². The largest absolute Gasteiger partial charge is 0.484 e. The van der Waals surface area contributed by atoms with E-state index in [1.165, 1.54) is 0 Å². The highest BCUT2D eigenvalue weighted by molar-refractivity contribution is 5.94. The van der Waals surface area contributed by atoms with E-state index < -0.39 is 0 Å². The fourth-order valence-electron chi connectivity index (χ4n) is 2.99. The van der Waals surface area contributed by atoms with Crippen LogP contribution in [0.5, 0.6) is 5.75 Å². The second-order valence-electron chi connectivity index (χ2n) is 6.64. The van der Waals surface area contributed by atoms with Crippen molar-refractivity contribution < 1.29 is 14.3 Å². The van der Waals surface area contributed by atoms with Gasteiger partial charge < -0.3 is 14.5 Å². The zero-order valence-electron chi connectivity index (χ0n) is 15.3. The Labute approximate surface area is 154 Å². The summed E-state index contributed by atoms with van der Waals surface area (Å²) >= 11 is 0. The van der Waals surface area contributed by atoms with Crippen molar-refractivity contribution in [2.24, 2.45) is 0 Å². The summed E-state index contributed by atoms with van der Waals surface area (Å²) in [6, 6.07) is 15.2. The van der Waals surface area contributed by atoms with Crippen LogP contribution in [0.2, 0.25) is 0 Å². The minimum atomic E-state index is -0.0479. The topological polar surface area (TPSA) is 49.9 Å². The Kier molecular flexibility index (Phi) is 5.56. The second kappa shape index (κ2) is 8.04. The van der Waals surface area contributed by atoms with Gasteiger partial charge in [-0.05, 0) is 38.1 Å². The summed E-state index contributed by atoms with van der Waals surface area (Å²) in [6.07, 6.45) is 0. The number of aryl methyl sites for hydroxylation is 2. The lowest BCUT2D eigenvalue weighted by Crippen LogP contribution is -2.51. The van der Waals surface area contributed by atoms with E-state index in [9.17, 15) is 9.59 Å². The van der Waals surface area contributed by atoms with E-state index in [2.05, 4.69) is 0 Å². The standard InChI is InChI=1S/C21H24N2O3/c1-16-6-8-19(9-7-16)26-15-20(24)22-10-12-23(13-11-22)21(25)18-5-3-4-17(2)14-18/h3-9,14H,10-13,15H2,1-2H3. The van der Waals surface area contributed by atoms with Crippen LogP contribution in [0, 0.1) is 13.8 Å². The van der Waals surface area contributed by atoms with Crippen LogP contribution in [-0.4, -0.2) is 54.4 Å².